The van der Waals surface area contributed by atoms with Crippen LogP contribution in [0.15, 0.2) is 65.7 Å². The first-order valence-corrected chi connectivity index (χ1v) is 14.4. The lowest BCUT2D eigenvalue weighted by atomic mass is 10.1. The average molecular weight is 584 g/mol. The molecule has 0 aliphatic carbocycles. The number of benzene rings is 2. The molecule has 0 bridgehead atoms. The summed E-state index contributed by atoms with van der Waals surface area (Å²) in [7, 11) is -1.14. The zero-order valence-corrected chi connectivity index (χ0v) is 24.1. The fourth-order valence-corrected chi connectivity index (χ4v) is 4.77. The zero-order valence-electron chi connectivity index (χ0n) is 23.3. The van der Waals surface area contributed by atoms with Gasteiger partial charge in [-0.05, 0) is 73.4 Å². The molecule has 1 heterocycles. The molecule has 0 spiro atoms. The van der Waals surface area contributed by atoms with Crippen LogP contribution in [0.5, 0.6) is 11.5 Å². The number of sulfonamides is 1. The molecule has 0 radical (unpaired) electrons. The number of amides is 2. The number of rotatable bonds is 13. The molecular formula is C29H33N3O8S. The Morgan fingerprint density at radius 1 is 0.854 bits per heavy atom. The molecule has 0 atom stereocenters. The average Bonchev–Trinajstić information content (AvgIpc) is 2.99. The minimum absolute atomic E-state index is 0.00824. The largest absolute Gasteiger partial charge is 0.493 e. The molecule has 12 heteroatoms. The highest BCUT2D eigenvalue weighted by molar-refractivity contribution is 7.90. The second-order valence-electron chi connectivity index (χ2n) is 8.93. The number of hydrogen-bond acceptors (Lipinski definition) is 9. The maximum Gasteiger partial charge on any atom is 0.357 e. The van der Waals surface area contributed by atoms with E-state index in [-0.39, 0.29) is 33.7 Å². The molecule has 0 aliphatic rings. The van der Waals surface area contributed by atoms with Gasteiger partial charge in [-0.2, -0.15) is 0 Å². The van der Waals surface area contributed by atoms with Crippen LogP contribution in [0.3, 0.4) is 0 Å². The first kappa shape index (κ1) is 31.1. The van der Waals surface area contributed by atoms with Gasteiger partial charge in [0.2, 0.25) is 0 Å². The quantitative estimate of drug-likeness (QED) is 0.288. The topological polar surface area (TPSA) is 150 Å². The highest BCUT2D eigenvalue weighted by atomic mass is 32.2. The van der Waals surface area contributed by atoms with Crippen LogP contribution in [0, 0.1) is 0 Å². The summed E-state index contributed by atoms with van der Waals surface area (Å²) in [6, 6.07) is 13.2. The smallest absolute Gasteiger partial charge is 0.357 e. The molecule has 41 heavy (non-hydrogen) atoms. The van der Waals surface area contributed by atoms with E-state index in [1.54, 1.807) is 20.3 Å². The number of esters is 1. The molecule has 3 rings (SSSR count). The number of nitrogens with one attached hydrogen (secondary N) is 2. The predicted molar refractivity (Wildman–Crippen MR) is 151 cm³/mol. The van der Waals surface area contributed by atoms with E-state index in [1.165, 1.54) is 36.4 Å². The van der Waals surface area contributed by atoms with Gasteiger partial charge in [-0.3, -0.25) is 9.59 Å². The van der Waals surface area contributed by atoms with Crippen molar-refractivity contribution in [2.24, 2.45) is 0 Å². The Hall–Kier alpha value is -4.45. The third-order valence-electron chi connectivity index (χ3n) is 6.22. The van der Waals surface area contributed by atoms with Gasteiger partial charge in [0.1, 0.15) is 11.8 Å². The van der Waals surface area contributed by atoms with E-state index >= 15 is 0 Å². The molecule has 0 saturated carbocycles. The van der Waals surface area contributed by atoms with Crippen LogP contribution < -0.4 is 19.5 Å². The van der Waals surface area contributed by atoms with E-state index in [2.05, 4.69) is 10.3 Å². The van der Waals surface area contributed by atoms with Gasteiger partial charge in [0.15, 0.2) is 11.5 Å². The van der Waals surface area contributed by atoms with Crippen molar-refractivity contribution >= 4 is 27.8 Å². The Morgan fingerprint density at radius 2 is 1.51 bits per heavy atom. The molecule has 218 valence electrons. The zero-order chi connectivity index (χ0) is 30.0. The van der Waals surface area contributed by atoms with E-state index in [4.69, 9.17) is 14.2 Å². The Morgan fingerprint density at radius 3 is 2.10 bits per heavy atom. The predicted octanol–water partition coefficient (Wildman–Crippen LogP) is 3.54. The van der Waals surface area contributed by atoms with Crippen molar-refractivity contribution < 1.29 is 37.0 Å². The van der Waals surface area contributed by atoms with Crippen molar-refractivity contribution in [3.05, 3.63) is 83.2 Å². The summed E-state index contributed by atoms with van der Waals surface area (Å²) < 4.78 is 43.3. The molecule has 0 aliphatic heterocycles. The van der Waals surface area contributed by atoms with Crippen LogP contribution in [-0.4, -0.2) is 58.1 Å². The second kappa shape index (κ2) is 14.3. The van der Waals surface area contributed by atoms with Crippen molar-refractivity contribution in [2.45, 2.75) is 44.1 Å². The summed E-state index contributed by atoms with van der Waals surface area (Å²) in [5.41, 5.74) is 1.14. The van der Waals surface area contributed by atoms with Crippen LogP contribution in [0.2, 0.25) is 0 Å². The summed E-state index contributed by atoms with van der Waals surface area (Å²) in [5.74, 6) is -0.730. The van der Waals surface area contributed by atoms with Crippen molar-refractivity contribution in [3.8, 4) is 11.5 Å². The van der Waals surface area contributed by atoms with Gasteiger partial charge in [-0.25, -0.2) is 22.9 Å². The van der Waals surface area contributed by atoms with Gasteiger partial charge in [0.25, 0.3) is 21.8 Å². The van der Waals surface area contributed by atoms with Crippen molar-refractivity contribution in [1.29, 1.82) is 0 Å². The van der Waals surface area contributed by atoms with E-state index in [1.807, 2.05) is 30.7 Å². The third kappa shape index (κ3) is 8.27. The Kier molecular flexibility index (Phi) is 10.8. The number of aromatic nitrogens is 1. The monoisotopic (exact) mass is 583 g/mol. The summed E-state index contributed by atoms with van der Waals surface area (Å²) in [4.78, 5) is 41.0. The molecule has 3 aromatic rings. The number of nitrogens with zero attached hydrogens (tertiary/aromatic N) is 1. The van der Waals surface area contributed by atoms with Gasteiger partial charge in [0, 0.05) is 18.3 Å². The Balaban J connectivity index is 1.56. The first-order valence-electron chi connectivity index (χ1n) is 12.9. The number of carbonyl (C=O) groups excluding carboxylic acids is 3. The van der Waals surface area contributed by atoms with Crippen molar-refractivity contribution in [2.75, 3.05) is 20.8 Å². The van der Waals surface area contributed by atoms with Crippen molar-refractivity contribution in [1.82, 2.24) is 15.0 Å². The van der Waals surface area contributed by atoms with E-state index in [0.717, 1.165) is 11.8 Å². The number of ether oxygens (including phenoxy) is 3. The van der Waals surface area contributed by atoms with Gasteiger partial charge in [-0.15, -0.1) is 0 Å². The second-order valence-corrected chi connectivity index (χ2v) is 10.6. The van der Waals surface area contributed by atoms with Gasteiger partial charge in [0.05, 0.1) is 24.7 Å². The first-order chi connectivity index (χ1) is 19.6. The van der Waals surface area contributed by atoms with Gasteiger partial charge < -0.3 is 19.5 Å². The molecule has 2 aromatic carbocycles. The molecule has 2 N–H and O–H groups in total. The normalized spacial score (nSPS) is 11.0. The van der Waals surface area contributed by atoms with Crippen LogP contribution in [0.4, 0.5) is 0 Å². The SMILES string of the molecule is CCC(CC)OC(=O)c1ccc(C(=O)NS(=O)(=O)c2ccc(C(=O)NCCc3ccc(OC)c(OC)c3)cc2)cn1. The molecule has 0 unspecified atom stereocenters. The van der Waals surface area contributed by atoms with Crippen LogP contribution >= 0.6 is 0 Å². The summed E-state index contributed by atoms with van der Waals surface area (Å²) in [6.07, 6.45) is 2.72. The fraction of sp³-hybridized carbons (Fsp3) is 0.310. The third-order valence-corrected chi connectivity index (χ3v) is 7.57. The molecule has 0 saturated heterocycles. The van der Waals surface area contributed by atoms with Crippen molar-refractivity contribution in [3.63, 3.8) is 0 Å². The Bertz CT molecular complexity index is 1470. The number of pyridine rings is 1. The lowest BCUT2D eigenvalue weighted by Gasteiger charge is -2.13. The molecule has 1 aromatic heterocycles. The maximum atomic E-state index is 12.7. The highest BCUT2D eigenvalue weighted by Gasteiger charge is 2.21. The van der Waals surface area contributed by atoms with Gasteiger partial charge >= 0.3 is 5.97 Å². The summed E-state index contributed by atoms with van der Waals surface area (Å²) >= 11 is 0. The molecule has 2 amide bonds. The molecule has 11 nitrogen and oxygen atoms in total. The van der Waals surface area contributed by atoms with E-state index < -0.39 is 21.9 Å². The minimum Gasteiger partial charge on any atom is -0.493 e. The van der Waals surface area contributed by atoms with Crippen LogP contribution in [-0.2, 0) is 21.2 Å². The van der Waals surface area contributed by atoms with E-state index in [0.29, 0.717) is 37.3 Å². The van der Waals surface area contributed by atoms with Gasteiger partial charge in [-0.1, -0.05) is 19.9 Å². The minimum atomic E-state index is -4.24. The lowest BCUT2D eigenvalue weighted by Crippen LogP contribution is -2.31. The summed E-state index contributed by atoms with van der Waals surface area (Å²) in [5, 5.41) is 2.78. The Labute approximate surface area is 239 Å². The number of methoxy groups -OCH3 is 2. The standard InChI is InChI=1S/C29H33N3O8S/c1-5-22(6-2)40-29(35)24-13-10-21(18-31-24)28(34)32-41(36,37)23-11-8-20(9-12-23)27(33)30-16-15-19-7-14-25(38-3)26(17-19)39-4/h7-14,17-18,22H,5-6,15-16H2,1-4H3,(H,30,33)(H,32,34). The molecular weight excluding hydrogens is 550 g/mol. The summed E-state index contributed by atoms with van der Waals surface area (Å²) in [6.45, 7) is 4.13. The maximum absolute atomic E-state index is 12.7. The number of carbonyl (C=O) groups is 3. The van der Waals surface area contributed by atoms with Crippen LogP contribution in [0.25, 0.3) is 0 Å². The number of hydrogen-bond donors (Lipinski definition) is 2. The highest BCUT2D eigenvalue weighted by Crippen LogP contribution is 2.27. The lowest BCUT2D eigenvalue weighted by molar-refractivity contribution is 0.0277. The van der Waals surface area contributed by atoms with Crippen LogP contribution in [0.1, 0.15) is 63.5 Å². The molecule has 0 fully saturated rings. The fourth-order valence-electron chi connectivity index (χ4n) is 3.80. The van der Waals surface area contributed by atoms with E-state index in [9.17, 15) is 22.8 Å².